The predicted molar refractivity (Wildman–Crippen MR) is 89.5 cm³/mol. The Labute approximate surface area is 130 Å². The van der Waals surface area contributed by atoms with E-state index in [-0.39, 0.29) is 5.78 Å². The zero-order valence-corrected chi connectivity index (χ0v) is 12.7. The molecule has 0 aliphatic rings. The molecular weight excluding hydrogens is 280 g/mol. The normalized spacial score (nSPS) is 11.7. The SMILES string of the molecule is C=CC/C(C(=O)c1ccccc1)=C(\Cl)c1ccc(C)cc1. The van der Waals surface area contributed by atoms with Crippen molar-refractivity contribution in [2.45, 2.75) is 13.3 Å². The van der Waals surface area contributed by atoms with Gasteiger partial charge in [-0.25, -0.2) is 0 Å². The lowest BCUT2D eigenvalue weighted by molar-refractivity contribution is 0.103. The molecule has 0 unspecified atom stereocenters. The number of benzene rings is 2. The van der Waals surface area contributed by atoms with Crippen LogP contribution in [0.1, 0.15) is 27.9 Å². The largest absolute Gasteiger partial charge is 0.289 e. The van der Waals surface area contributed by atoms with Crippen LogP contribution in [0.2, 0.25) is 0 Å². The highest BCUT2D eigenvalue weighted by molar-refractivity contribution is 6.51. The summed E-state index contributed by atoms with van der Waals surface area (Å²) >= 11 is 6.46. The quantitative estimate of drug-likeness (QED) is 0.410. The molecule has 0 radical (unpaired) electrons. The van der Waals surface area contributed by atoms with Gasteiger partial charge in [-0.3, -0.25) is 4.79 Å². The van der Waals surface area contributed by atoms with Gasteiger partial charge in [-0.05, 0) is 18.9 Å². The minimum absolute atomic E-state index is 0.0546. The Kier molecular flexibility index (Phi) is 5.13. The molecule has 0 aliphatic heterocycles. The molecule has 0 spiro atoms. The van der Waals surface area contributed by atoms with Crippen molar-refractivity contribution in [1.82, 2.24) is 0 Å². The molecule has 0 bridgehead atoms. The number of allylic oxidation sites excluding steroid dienone is 2. The summed E-state index contributed by atoms with van der Waals surface area (Å²) < 4.78 is 0. The van der Waals surface area contributed by atoms with Crippen molar-refractivity contribution < 1.29 is 4.79 Å². The number of rotatable bonds is 5. The topological polar surface area (TPSA) is 17.1 Å². The Morgan fingerprint density at radius 3 is 2.24 bits per heavy atom. The van der Waals surface area contributed by atoms with Gasteiger partial charge >= 0.3 is 0 Å². The van der Waals surface area contributed by atoms with Gasteiger partial charge in [0, 0.05) is 11.1 Å². The fourth-order valence-electron chi connectivity index (χ4n) is 2.06. The third-order valence-electron chi connectivity index (χ3n) is 3.23. The lowest BCUT2D eigenvalue weighted by Crippen LogP contribution is -2.04. The van der Waals surface area contributed by atoms with Crippen LogP contribution in [0.15, 0.2) is 72.8 Å². The minimum atomic E-state index is -0.0546. The van der Waals surface area contributed by atoms with Crippen LogP contribution in [0.4, 0.5) is 0 Å². The Balaban J connectivity index is 2.46. The summed E-state index contributed by atoms with van der Waals surface area (Å²) in [6.07, 6.45) is 2.15. The molecule has 1 nitrogen and oxygen atoms in total. The first-order valence-corrected chi connectivity index (χ1v) is 7.17. The van der Waals surface area contributed by atoms with E-state index < -0.39 is 0 Å². The third kappa shape index (κ3) is 3.71. The highest BCUT2D eigenvalue weighted by atomic mass is 35.5. The molecule has 0 heterocycles. The average molecular weight is 297 g/mol. The summed E-state index contributed by atoms with van der Waals surface area (Å²) in [4.78, 5) is 12.6. The van der Waals surface area contributed by atoms with E-state index >= 15 is 0 Å². The summed E-state index contributed by atoms with van der Waals surface area (Å²) in [5.41, 5.74) is 3.22. The maximum Gasteiger partial charge on any atom is 0.190 e. The van der Waals surface area contributed by atoms with Crippen molar-refractivity contribution in [3.8, 4) is 0 Å². The first-order chi connectivity index (χ1) is 10.1. The van der Waals surface area contributed by atoms with Gasteiger partial charge in [-0.1, -0.05) is 77.8 Å². The smallest absolute Gasteiger partial charge is 0.190 e. The van der Waals surface area contributed by atoms with Gasteiger partial charge in [0.1, 0.15) is 0 Å². The van der Waals surface area contributed by atoms with Crippen molar-refractivity contribution >= 4 is 22.4 Å². The van der Waals surface area contributed by atoms with Crippen LogP contribution >= 0.6 is 11.6 Å². The molecule has 0 amide bonds. The standard InChI is InChI=1S/C19H17ClO/c1-3-7-17(19(21)16-8-5-4-6-9-16)18(20)15-12-10-14(2)11-13-15/h3-6,8-13H,1,7H2,2H3/b18-17+. The fraction of sp³-hybridized carbons (Fsp3) is 0.105. The average Bonchev–Trinajstić information content (AvgIpc) is 2.53. The second kappa shape index (κ2) is 7.05. The highest BCUT2D eigenvalue weighted by Crippen LogP contribution is 2.28. The van der Waals surface area contributed by atoms with E-state index in [2.05, 4.69) is 6.58 Å². The van der Waals surface area contributed by atoms with Crippen LogP contribution in [-0.2, 0) is 0 Å². The first-order valence-electron chi connectivity index (χ1n) is 6.80. The van der Waals surface area contributed by atoms with Gasteiger partial charge in [0.05, 0.1) is 5.03 Å². The Hall–Kier alpha value is -2.12. The maximum absolute atomic E-state index is 12.6. The number of carbonyl (C=O) groups excluding carboxylic acids is 1. The first kappa shape index (κ1) is 15.3. The van der Waals surface area contributed by atoms with Gasteiger partial charge < -0.3 is 0 Å². The molecule has 0 fully saturated rings. The second-order valence-electron chi connectivity index (χ2n) is 4.85. The van der Waals surface area contributed by atoms with Crippen LogP contribution < -0.4 is 0 Å². The summed E-state index contributed by atoms with van der Waals surface area (Å²) in [7, 11) is 0. The molecule has 0 atom stereocenters. The van der Waals surface area contributed by atoms with Crippen LogP contribution in [0.3, 0.4) is 0 Å². The van der Waals surface area contributed by atoms with Gasteiger partial charge in [-0.15, -0.1) is 6.58 Å². The van der Waals surface area contributed by atoms with Crippen LogP contribution in [0, 0.1) is 6.92 Å². The summed E-state index contributed by atoms with van der Waals surface area (Å²) in [6.45, 7) is 5.74. The zero-order chi connectivity index (χ0) is 15.2. The van der Waals surface area contributed by atoms with E-state index in [4.69, 9.17) is 11.6 Å². The Morgan fingerprint density at radius 1 is 1.05 bits per heavy atom. The van der Waals surface area contributed by atoms with E-state index in [0.29, 0.717) is 22.6 Å². The molecular formula is C19H17ClO. The van der Waals surface area contributed by atoms with E-state index in [1.165, 1.54) is 0 Å². The molecule has 0 N–H and O–H groups in total. The van der Waals surface area contributed by atoms with E-state index in [9.17, 15) is 4.79 Å². The molecule has 106 valence electrons. The van der Waals surface area contributed by atoms with Crippen LogP contribution in [-0.4, -0.2) is 5.78 Å². The summed E-state index contributed by atoms with van der Waals surface area (Å²) in [6, 6.07) is 17.0. The van der Waals surface area contributed by atoms with Crippen molar-refractivity contribution in [1.29, 1.82) is 0 Å². The predicted octanol–water partition coefficient (Wildman–Crippen LogP) is 5.40. The van der Waals surface area contributed by atoms with Gasteiger partial charge in [-0.2, -0.15) is 0 Å². The lowest BCUT2D eigenvalue weighted by atomic mass is 9.98. The van der Waals surface area contributed by atoms with E-state index in [1.54, 1.807) is 18.2 Å². The van der Waals surface area contributed by atoms with Gasteiger partial charge in [0.25, 0.3) is 0 Å². The molecule has 2 aromatic rings. The maximum atomic E-state index is 12.6. The molecule has 0 saturated carbocycles. The number of carbonyl (C=O) groups is 1. The van der Waals surface area contributed by atoms with Crippen molar-refractivity contribution in [2.24, 2.45) is 0 Å². The van der Waals surface area contributed by atoms with E-state index in [0.717, 1.165) is 11.1 Å². The number of halogens is 1. The zero-order valence-electron chi connectivity index (χ0n) is 12.0. The van der Waals surface area contributed by atoms with Crippen molar-refractivity contribution in [3.05, 3.63) is 89.5 Å². The Morgan fingerprint density at radius 2 is 1.67 bits per heavy atom. The number of hydrogen-bond acceptors (Lipinski definition) is 1. The molecule has 0 saturated heterocycles. The molecule has 2 aromatic carbocycles. The van der Waals surface area contributed by atoms with Crippen molar-refractivity contribution in [3.63, 3.8) is 0 Å². The number of hydrogen-bond donors (Lipinski definition) is 0. The number of ketones is 1. The van der Waals surface area contributed by atoms with Gasteiger partial charge in [0.15, 0.2) is 5.78 Å². The monoisotopic (exact) mass is 296 g/mol. The molecule has 2 heteroatoms. The number of aryl methyl sites for hydroxylation is 1. The fourth-order valence-corrected chi connectivity index (χ4v) is 2.35. The summed E-state index contributed by atoms with van der Waals surface area (Å²) in [5.74, 6) is -0.0546. The molecule has 2 rings (SSSR count). The summed E-state index contributed by atoms with van der Waals surface area (Å²) in [5, 5.41) is 0.490. The molecule has 0 aromatic heterocycles. The molecule has 21 heavy (non-hydrogen) atoms. The number of Topliss-reactive ketones (excluding diaryl/α,β-unsaturated/α-hetero) is 1. The lowest BCUT2D eigenvalue weighted by Gasteiger charge is -2.09. The highest BCUT2D eigenvalue weighted by Gasteiger charge is 2.16. The van der Waals surface area contributed by atoms with Crippen molar-refractivity contribution in [2.75, 3.05) is 0 Å². The van der Waals surface area contributed by atoms with Crippen LogP contribution in [0.25, 0.3) is 5.03 Å². The van der Waals surface area contributed by atoms with Gasteiger partial charge in [0.2, 0.25) is 0 Å². The minimum Gasteiger partial charge on any atom is -0.289 e. The second-order valence-corrected chi connectivity index (χ2v) is 5.22. The molecule has 0 aliphatic carbocycles. The van der Waals surface area contributed by atoms with Crippen LogP contribution in [0.5, 0.6) is 0 Å². The van der Waals surface area contributed by atoms with E-state index in [1.807, 2.05) is 49.4 Å². The Bertz CT molecular complexity index is 666. The third-order valence-corrected chi connectivity index (χ3v) is 3.67.